The maximum atomic E-state index is 13.3. The summed E-state index contributed by atoms with van der Waals surface area (Å²) in [4.78, 5) is 17.9. The highest BCUT2D eigenvalue weighted by Crippen LogP contribution is 2.33. The van der Waals surface area contributed by atoms with Crippen LogP contribution in [0.2, 0.25) is 5.02 Å². The number of rotatable bonds is 5. The minimum atomic E-state index is -0.367. The van der Waals surface area contributed by atoms with E-state index in [-0.39, 0.29) is 12.1 Å². The molecule has 0 saturated carbocycles. The summed E-state index contributed by atoms with van der Waals surface area (Å²) in [6.45, 7) is 0. The van der Waals surface area contributed by atoms with Gasteiger partial charge in [-0.3, -0.25) is 5.43 Å². The Kier molecular flexibility index (Phi) is 6.30. The molecule has 6 nitrogen and oxygen atoms in total. The first-order valence-electron chi connectivity index (χ1n) is 11.8. The van der Waals surface area contributed by atoms with Crippen LogP contribution in [0.25, 0.3) is 22.0 Å². The van der Waals surface area contributed by atoms with Gasteiger partial charge in [-0.05, 0) is 40.1 Å². The van der Waals surface area contributed by atoms with Crippen molar-refractivity contribution in [1.82, 2.24) is 15.4 Å². The zero-order chi connectivity index (χ0) is 25.2. The van der Waals surface area contributed by atoms with E-state index in [0.29, 0.717) is 16.6 Å². The molecule has 1 atom stereocenters. The molecule has 1 aromatic heterocycles. The fourth-order valence-corrected chi connectivity index (χ4v) is 5.22. The van der Waals surface area contributed by atoms with Crippen molar-refractivity contribution in [3.8, 4) is 11.3 Å². The monoisotopic (exact) mass is 523 g/mol. The summed E-state index contributed by atoms with van der Waals surface area (Å²) in [7, 11) is 0. The van der Waals surface area contributed by atoms with Gasteiger partial charge in [-0.25, -0.2) is 20.2 Å². The molecular formula is C29H22ClN5OS. The topological polar surface area (TPSA) is 69.6 Å². The standard InChI is InChI=1S/C29H22ClN5OS/c30-24-14-12-21(13-15-24)27-17-25(20-7-2-1-3-8-20)34-35(27)29(36)33-32-28-31-26(18-37-28)23-11-10-19-6-4-5-9-22(19)16-23/h1-16,18,27H,17H2,(H,31,32)(H,33,36). The van der Waals surface area contributed by atoms with Crippen LogP contribution in [0.5, 0.6) is 0 Å². The molecule has 37 heavy (non-hydrogen) atoms. The number of aromatic nitrogens is 1. The number of nitrogens with one attached hydrogen (secondary N) is 2. The minimum Gasteiger partial charge on any atom is -0.272 e. The zero-order valence-electron chi connectivity index (χ0n) is 19.6. The van der Waals surface area contributed by atoms with Gasteiger partial charge in [-0.2, -0.15) is 5.10 Å². The number of hydrogen-bond acceptors (Lipinski definition) is 5. The van der Waals surface area contributed by atoms with Crippen molar-refractivity contribution in [2.45, 2.75) is 12.5 Å². The first kappa shape index (κ1) is 23.2. The Morgan fingerprint density at radius 1 is 0.892 bits per heavy atom. The molecule has 0 fully saturated rings. The molecule has 0 saturated heterocycles. The van der Waals surface area contributed by atoms with Crippen molar-refractivity contribution in [2.75, 3.05) is 5.43 Å². The number of thiazole rings is 1. The number of hydrogen-bond donors (Lipinski definition) is 2. The molecule has 2 amide bonds. The third-order valence-corrected chi connectivity index (χ3v) is 7.32. The van der Waals surface area contributed by atoms with Crippen molar-refractivity contribution in [3.05, 3.63) is 119 Å². The fourth-order valence-electron chi connectivity index (χ4n) is 4.42. The van der Waals surface area contributed by atoms with E-state index in [2.05, 4.69) is 51.3 Å². The van der Waals surface area contributed by atoms with Gasteiger partial charge in [0.2, 0.25) is 5.13 Å². The number of halogens is 1. The van der Waals surface area contributed by atoms with E-state index in [1.165, 1.54) is 21.7 Å². The van der Waals surface area contributed by atoms with E-state index in [4.69, 9.17) is 11.6 Å². The van der Waals surface area contributed by atoms with Crippen molar-refractivity contribution in [3.63, 3.8) is 0 Å². The lowest BCUT2D eigenvalue weighted by Crippen LogP contribution is -2.40. The smallest absolute Gasteiger partial charge is 0.272 e. The first-order valence-corrected chi connectivity index (χ1v) is 13.1. The Bertz CT molecular complexity index is 1600. The molecule has 0 aliphatic carbocycles. The normalized spacial score (nSPS) is 15.0. The number of fused-ring (bicyclic) bond motifs is 1. The van der Waals surface area contributed by atoms with E-state index in [1.807, 2.05) is 72.1 Å². The number of hydrazone groups is 1. The number of urea groups is 1. The highest BCUT2D eigenvalue weighted by molar-refractivity contribution is 7.14. The van der Waals surface area contributed by atoms with Gasteiger partial charge < -0.3 is 0 Å². The van der Waals surface area contributed by atoms with Crippen LogP contribution in [0, 0.1) is 0 Å². The highest BCUT2D eigenvalue weighted by atomic mass is 35.5. The predicted octanol–water partition coefficient (Wildman–Crippen LogP) is 7.50. The van der Waals surface area contributed by atoms with Crippen molar-refractivity contribution in [2.24, 2.45) is 5.10 Å². The summed E-state index contributed by atoms with van der Waals surface area (Å²) in [5, 5.41) is 11.7. The number of benzene rings is 4. The molecule has 2 N–H and O–H groups in total. The second-order valence-electron chi connectivity index (χ2n) is 8.68. The minimum absolute atomic E-state index is 0.251. The van der Waals surface area contributed by atoms with Crippen LogP contribution in [-0.2, 0) is 0 Å². The molecular weight excluding hydrogens is 502 g/mol. The van der Waals surface area contributed by atoms with Crippen molar-refractivity contribution >= 4 is 50.6 Å². The summed E-state index contributed by atoms with van der Waals surface area (Å²) >= 11 is 7.52. The van der Waals surface area contributed by atoms with Crippen LogP contribution in [0.4, 0.5) is 9.93 Å². The Hall–Kier alpha value is -4.20. The number of carbonyl (C=O) groups excluding carboxylic acids is 1. The zero-order valence-corrected chi connectivity index (χ0v) is 21.2. The highest BCUT2D eigenvalue weighted by Gasteiger charge is 2.33. The SMILES string of the molecule is O=C(NNc1nc(-c2ccc3ccccc3c2)cs1)N1N=C(c2ccccc2)CC1c1ccc(Cl)cc1. The van der Waals surface area contributed by atoms with Crippen LogP contribution < -0.4 is 10.9 Å². The summed E-state index contributed by atoms with van der Waals surface area (Å²) in [6.07, 6.45) is 0.600. The van der Waals surface area contributed by atoms with Gasteiger partial charge in [0.25, 0.3) is 0 Å². The van der Waals surface area contributed by atoms with Crippen LogP contribution in [0.3, 0.4) is 0 Å². The Labute approximate surface area is 223 Å². The maximum absolute atomic E-state index is 13.3. The van der Waals surface area contributed by atoms with E-state index in [0.717, 1.165) is 33.5 Å². The van der Waals surface area contributed by atoms with E-state index < -0.39 is 0 Å². The average Bonchev–Trinajstić information content (AvgIpc) is 3.61. The van der Waals surface area contributed by atoms with E-state index in [9.17, 15) is 4.79 Å². The number of hydrazine groups is 1. The van der Waals surface area contributed by atoms with Gasteiger partial charge in [0, 0.05) is 22.4 Å². The maximum Gasteiger partial charge on any atom is 0.357 e. The summed E-state index contributed by atoms with van der Waals surface area (Å²) < 4.78 is 0. The molecule has 0 spiro atoms. The lowest BCUT2D eigenvalue weighted by atomic mass is 9.99. The summed E-state index contributed by atoms with van der Waals surface area (Å²) in [6, 6.07) is 31.3. The molecule has 5 aromatic rings. The largest absolute Gasteiger partial charge is 0.357 e. The second kappa shape index (κ2) is 10.0. The third-order valence-electron chi connectivity index (χ3n) is 6.31. The lowest BCUT2D eigenvalue weighted by molar-refractivity contribution is 0.188. The molecule has 2 heterocycles. The summed E-state index contributed by atoms with van der Waals surface area (Å²) in [5.74, 6) is 0. The van der Waals surface area contributed by atoms with E-state index in [1.54, 1.807) is 0 Å². The van der Waals surface area contributed by atoms with Crippen LogP contribution >= 0.6 is 22.9 Å². The molecule has 182 valence electrons. The number of anilines is 1. The molecule has 1 aliphatic rings. The number of carbonyl (C=O) groups is 1. The van der Waals surface area contributed by atoms with Crippen molar-refractivity contribution < 1.29 is 4.79 Å². The van der Waals surface area contributed by atoms with Gasteiger partial charge in [-0.1, -0.05) is 90.5 Å². The van der Waals surface area contributed by atoms with Crippen LogP contribution in [-0.4, -0.2) is 21.7 Å². The van der Waals surface area contributed by atoms with E-state index >= 15 is 0 Å². The number of amides is 2. The molecule has 6 rings (SSSR count). The second-order valence-corrected chi connectivity index (χ2v) is 9.98. The van der Waals surface area contributed by atoms with Gasteiger partial charge in [0.05, 0.1) is 17.4 Å². The molecule has 4 aromatic carbocycles. The Morgan fingerprint density at radius 3 is 2.46 bits per heavy atom. The Balaban J connectivity index is 1.20. The van der Waals surface area contributed by atoms with Gasteiger partial charge in [-0.15, -0.1) is 11.3 Å². The van der Waals surface area contributed by atoms with Gasteiger partial charge in [0.15, 0.2) is 0 Å². The lowest BCUT2D eigenvalue weighted by Gasteiger charge is -2.22. The first-order chi connectivity index (χ1) is 18.1. The quantitative estimate of drug-likeness (QED) is 0.234. The predicted molar refractivity (Wildman–Crippen MR) is 151 cm³/mol. The third kappa shape index (κ3) is 4.91. The summed E-state index contributed by atoms with van der Waals surface area (Å²) in [5.41, 5.74) is 10.4. The Morgan fingerprint density at radius 2 is 1.65 bits per heavy atom. The number of nitrogens with zero attached hydrogens (tertiary/aromatic N) is 3. The fraction of sp³-hybridized carbons (Fsp3) is 0.0690. The molecule has 0 bridgehead atoms. The molecule has 8 heteroatoms. The molecule has 0 radical (unpaired) electrons. The van der Waals surface area contributed by atoms with Gasteiger partial charge in [0.1, 0.15) is 0 Å². The van der Waals surface area contributed by atoms with Gasteiger partial charge >= 0.3 is 6.03 Å². The van der Waals surface area contributed by atoms with Crippen molar-refractivity contribution in [1.29, 1.82) is 0 Å². The average molecular weight is 524 g/mol. The molecule has 1 unspecified atom stereocenters. The molecule has 1 aliphatic heterocycles. The van der Waals surface area contributed by atoms with Crippen LogP contribution in [0.1, 0.15) is 23.6 Å². The van der Waals surface area contributed by atoms with Crippen LogP contribution in [0.15, 0.2) is 108 Å².